The van der Waals surface area contributed by atoms with Gasteiger partial charge in [0.25, 0.3) is 0 Å². The standard InChI is InChI=1S/C36H21NOS/c1-4-11-29-24(8-1)25-9-2-5-12-30(25)37(29)31-13-7-14-33-36(31)28-20-22(17-19-32(28)38-33)23-16-18-27-26-10-3-6-15-34(26)39-35(27)21-23/h1-21H. The van der Waals surface area contributed by atoms with Crippen LogP contribution in [0.2, 0.25) is 0 Å². The fourth-order valence-electron chi connectivity index (χ4n) is 6.26. The van der Waals surface area contributed by atoms with Crippen molar-refractivity contribution in [1.29, 1.82) is 0 Å². The van der Waals surface area contributed by atoms with E-state index in [0.29, 0.717) is 0 Å². The summed E-state index contributed by atoms with van der Waals surface area (Å²) in [6.45, 7) is 0. The molecule has 0 spiro atoms. The minimum Gasteiger partial charge on any atom is -0.456 e. The van der Waals surface area contributed by atoms with Crippen molar-refractivity contribution in [1.82, 2.24) is 4.57 Å². The number of nitrogens with zero attached hydrogens (tertiary/aromatic N) is 1. The maximum atomic E-state index is 6.41. The molecule has 0 aliphatic rings. The number of para-hydroxylation sites is 2. The molecule has 0 aliphatic carbocycles. The maximum absolute atomic E-state index is 6.41. The Hall–Kier alpha value is -4.86. The van der Waals surface area contributed by atoms with E-state index in [1.54, 1.807) is 0 Å². The molecule has 0 fully saturated rings. The highest BCUT2D eigenvalue weighted by Crippen LogP contribution is 2.41. The second kappa shape index (κ2) is 7.83. The van der Waals surface area contributed by atoms with E-state index < -0.39 is 0 Å². The summed E-state index contributed by atoms with van der Waals surface area (Å²) in [5.74, 6) is 0. The predicted molar refractivity (Wildman–Crippen MR) is 166 cm³/mol. The van der Waals surface area contributed by atoms with Crippen molar-refractivity contribution >= 4 is 75.3 Å². The van der Waals surface area contributed by atoms with Crippen LogP contribution in [0.1, 0.15) is 0 Å². The van der Waals surface area contributed by atoms with Gasteiger partial charge in [0.05, 0.1) is 22.1 Å². The molecule has 3 heterocycles. The van der Waals surface area contributed by atoms with Crippen molar-refractivity contribution in [3.05, 3.63) is 127 Å². The molecule has 3 aromatic heterocycles. The molecule has 0 saturated heterocycles. The summed E-state index contributed by atoms with van der Waals surface area (Å²) < 4.78 is 11.4. The lowest BCUT2D eigenvalue weighted by molar-refractivity contribution is 0.669. The zero-order valence-electron chi connectivity index (χ0n) is 20.9. The van der Waals surface area contributed by atoms with Crippen molar-refractivity contribution in [2.45, 2.75) is 0 Å². The van der Waals surface area contributed by atoms with Crippen molar-refractivity contribution < 1.29 is 4.42 Å². The van der Waals surface area contributed by atoms with Gasteiger partial charge in [0.1, 0.15) is 11.2 Å². The van der Waals surface area contributed by atoms with Crippen LogP contribution in [0.4, 0.5) is 0 Å². The highest BCUT2D eigenvalue weighted by Gasteiger charge is 2.18. The Morgan fingerprint density at radius 2 is 1.13 bits per heavy atom. The van der Waals surface area contributed by atoms with Crippen molar-refractivity contribution in [2.24, 2.45) is 0 Å². The van der Waals surface area contributed by atoms with Gasteiger partial charge in [-0.15, -0.1) is 11.3 Å². The highest BCUT2D eigenvalue weighted by atomic mass is 32.1. The first-order valence-electron chi connectivity index (χ1n) is 13.2. The van der Waals surface area contributed by atoms with Gasteiger partial charge < -0.3 is 8.98 Å². The lowest BCUT2D eigenvalue weighted by atomic mass is 10.0. The Kier molecular flexibility index (Phi) is 4.24. The Morgan fingerprint density at radius 3 is 1.95 bits per heavy atom. The van der Waals surface area contributed by atoms with E-state index >= 15 is 0 Å². The second-order valence-corrected chi connectivity index (χ2v) is 11.2. The minimum atomic E-state index is 0.904. The molecule has 0 bridgehead atoms. The van der Waals surface area contributed by atoms with Gasteiger partial charge in [0.15, 0.2) is 0 Å². The van der Waals surface area contributed by atoms with Gasteiger partial charge in [-0.2, -0.15) is 0 Å². The van der Waals surface area contributed by atoms with E-state index in [1.807, 2.05) is 11.3 Å². The SMILES string of the molecule is c1cc(-n2c3ccccc3c3ccccc32)c2c(c1)oc1ccc(-c3ccc4c(c3)sc3ccccc34)cc12. The number of rotatable bonds is 2. The van der Waals surface area contributed by atoms with E-state index in [1.165, 1.54) is 53.1 Å². The molecule has 0 amide bonds. The van der Waals surface area contributed by atoms with Crippen molar-refractivity contribution in [3.63, 3.8) is 0 Å². The number of hydrogen-bond donors (Lipinski definition) is 0. The van der Waals surface area contributed by atoms with Crippen LogP contribution in [0.25, 0.3) is 80.7 Å². The number of benzene rings is 6. The molecule has 0 N–H and O–H groups in total. The molecule has 9 aromatic rings. The van der Waals surface area contributed by atoms with Gasteiger partial charge in [0.2, 0.25) is 0 Å². The number of hydrogen-bond acceptors (Lipinski definition) is 2. The zero-order valence-corrected chi connectivity index (χ0v) is 21.7. The minimum absolute atomic E-state index is 0.904. The largest absolute Gasteiger partial charge is 0.456 e. The third-order valence-corrected chi connectivity index (χ3v) is 9.14. The summed E-state index contributed by atoms with van der Waals surface area (Å²) in [7, 11) is 0. The van der Waals surface area contributed by atoms with E-state index in [9.17, 15) is 0 Å². The van der Waals surface area contributed by atoms with Gasteiger partial charge in [0, 0.05) is 36.3 Å². The molecule has 39 heavy (non-hydrogen) atoms. The third-order valence-electron chi connectivity index (χ3n) is 8.01. The smallest absolute Gasteiger partial charge is 0.137 e. The molecular formula is C36H21NOS. The summed E-state index contributed by atoms with van der Waals surface area (Å²) in [5.41, 5.74) is 7.77. The van der Waals surface area contributed by atoms with Gasteiger partial charge in [-0.05, 0) is 59.7 Å². The molecule has 2 nitrogen and oxygen atoms in total. The van der Waals surface area contributed by atoms with Gasteiger partial charge in [-0.25, -0.2) is 0 Å². The first-order chi connectivity index (χ1) is 19.3. The molecule has 0 saturated carbocycles. The van der Waals surface area contributed by atoms with Crippen LogP contribution in [0.15, 0.2) is 132 Å². The van der Waals surface area contributed by atoms with E-state index in [4.69, 9.17) is 4.42 Å². The van der Waals surface area contributed by atoms with Crippen molar-refractivity contribution in [3.8, 4) is 16.8 Å². The highest BCUT2D eigenvalue weighted by molar-refractivity contribution is 7.25. The van der Waals surface area contributed by atoms with Gasteiger partial charge >= 0.3 is 0 Å². The number of aromatic nitrogens is 1. The van der Waals surface area contributed by atoms with E-state index in [2.05, 4.69) is 132 Å². The molecule has 0 aliphatic heterocycles. The molecule has 6 aromatic carbocycles. The molecule has 0 unspecified atom stereocenters. The Balaban J connectivity index is 1.31. The first kappa shape index (κ1) is 21.1. The quantitative estimate of drug-likeness (QED) is 0.224. The maximum Gasteiger partial charge on any atom is 0.137 e. The normalized spacial score (nSPS) is 12.1. The predicted octanol–water partition coefficient (Wildman–Crippen LogP) is 10.7. The van der Waals surface area contributed by atoms with Crippen LogP contribution in [-0.2, 0) is 0 Å². The molecule has 3 heteroatoms. The number of thiophene rings is 1. The van der Waals surface area contributed by atoms with Crippen LogP contribution in [-0.4, -0.2) is 4.57 Å². The Bertz CT molecular complexity index is 2350. The first-order valence-corrected chi connectivity index (χ1v) is 14.0. The summed E-state index contributed by atoms with van der Waals surface area (Å²) in [6, 6.07) is 45.8. The topological polar surface area (TPSA) is 18.1 Å². The lowest BCUT2D eigenvalue weighted by Gasteiger charge is -2.10. The average Bonchev–Trinajstić information content (AvgIpc) is 3.66. The van der Waals surface area contributed by atoms with E-state index in [-0.39, 0.29) is 0 Å². The van der Waals surface area contributed by atoms with Crippen LogP contribution in [0.3, 0.4) is 0 Å². The average molecular weight is 516 g/mol. The Labute approximate surface area is 227 Å². The monoisotopic (exact) mass is 515 g/mol. The summed E-state index contributed by atoms with van der Waals surface area (Å²) in [5, 5.41) is 7.45. The van der Waals surface area contributed by atoms with Gasteiger partial charge in [-0.1, -0.05) is 78.9 Å². The summed E-state index contributed by atoms with van der Waals surface area (Å²) >= 11 is 1.86. The van der Waals surface area contributed by atoms with Crippen LogP contribution in [0.5, 0.6) is 0 Å². The fourth-order valence-corrected chi connectivity index (χ4v) is 7.41. The summed E-state index contributed by atoms with van der Waals surface area (Å²) in [4.78, 5) is 0. The zero-order chi connectivity index (χ0) is 25.5. The third kappa shape index (κ3) is 2.96. The van der Waals surface area contributed by atoms with Crippen LogP contribution < -0.4 is 0 Å². The molecule has 9 rings (SSSR count). The lowest BCUT2D eigenvalue weighted by Crippen LogP contribution is -1.94. The Morgan fingerprint density at radius 1 is 0.462 bits per heavy atom. The van der Waals surface area contributed by atoms with E-state index in [0.717, 1.165) is 27.6 Å². The molecule has 0 atom stereocenters. The number of fused-ring (bicyclic) bond motifs is 9. The number of furan rings is 1. The van der Waals surface area contributed by atoms with Gasteiger partial charge in [-0.3, -0.25) is 0 Å². The molecule has 182 valence electrons. The summed E-state index contributed by atoms with van der Waals surface area (Å²) in [6.07, 6.45) is 0. The molecule has 0 radical (unpaired) electrons. The molecular weight excluding hydrogens is 494 g/mol. The van der Waals surface area contributed by atoms with Crippen LogP contribution >= 0.6 is 11.3 Å². The van der Waals surface area contributed by atoms with Crippen LogP contribution in [0, 0.1) is 0 Å². The fraction of sp³-hybridized carbons (Fsp3) is 0. The second-order valence-electron chi connectivity index (χ2n) is 10.1. The van der Waals surface area contributed by atoms with Crippen molar-refractivity contribution in [2.75, 3.05) is 0 Å².